The fraction of sp³-hybridized carbons (Fsp3) is 0.458. The average Bonchev–Trinajstić information content (AvgIpc) is 3.10. The number of carbonyl (C=O) groups excluding carboxylic acids is 2. The molecule has 1 fully saturated rings. The molecule has 2 aliphatic heterocycles. The van der Waals surface area contributed by atoms with Crippen LogP contribution in [0.3, 0.4) is 0 Å². The number of amides is 2. The lowest BCUT2D eigenvalue weighted by Gasteiger charge is -2.36. The standard InChI is InChI=1S/C24H29N3O2/c28-23(27-16-7-5-12-22(27)19-10-8-14-25-17-19)13-2-1-6-15-26-18-20-9-3-4-11-21(20)24(26)29/h3-4,8-11,14,17,22H,1-2,5-7,12-13,15-16,18H2/t22-/m0/s1. The van der Waals surface area contributed by atoms with Gasteiger partial charge in [0.15, 0.2) is 0 Å². The van der Waals surface area contributed by atoms with Crippen LogP contribution < -0.4 is 0 Å². The lowest BCUT2D eigenvalue weighted by molar-refractivity contribution is -0.135. The molecule has 0 unspecified atom stereocenters. The Morgan fingerprint density at radius 3 is 2.79 bits per heavy atom. The van der Waals surface area contributed by atoms with Crippen LogP contribution in [-0.2, 0) is 11.3 Å². The fourth-order valence-corrected chi connectivity index (χ4v) is 4.54. The van der Waals surface area contributed by atoms with E-state index < -0.39 is 0 Å². The Hall–Kier alpha value is -2.69. The SMILES string of the molecule is O=C1c2ccccc2CN1CCCCCC(=O)N1CCCC[C@H]1c1cccnc1. The van der Waals surface area contributed by atoms with E-state index >= 15 is 0 Å². The molecule has 0 N–H and O–H groups in total. The number of hydrogen-bond donors (Lipinski definition) is 0. The molecule has 1 saturated heterocycles. The number of pyridine rings is 1. The van der Waals surface area contributed by atoms with Gasteiger partial charge >= 0.3 is 0 Å². The molecule has 3 heterocycles. The first-order valence-electron chi connectivity index (χ1n) is 10.8. The Balaban J connectivity index is 1.21. The number of aromatic nitrogens is 1. The van der Waals surface area contributed by atoms with Crippen molar-refractivity contribution < 1.29 is 9.59 Å². The van der Waals surface area contributed by atoms with Gasteiger partial charge in [-0.2, -0.15) is 0 Å². The van der Waals surface area contributed by atoms with Gasteiger partial charge in [0.05, 0.1) is 6.04 Å². The molecule has 2 aliphatic rings. The number of nitrogens with zero attached hydrogens (tertiary/aromatic N) is 3. The first-order chi connectivity index (χ1) is 14.2. The highest BCUT2D eigenvalue weighted by atomic mass is 16.2. The molecule has 0 saturated carbocycles. The average molecular weight is 392 g/mol. The van der Waals surface area contributed by atoms with Crippen molar-refractivity contribution in [1.29, 1.82) is 0 Å². The molecule has 1 atom stereocenters. The summed E-state index contributed by atoms with van der Waals surface area (Å²) in [7, 11) is 0. The van der Waals surface area contributed by atoms with Crippen LogP contribution in [0.15, 0.2) is 48.8 Å². The zero-order chi connectivity index (χ0) is 20.1. The van der Waals surface area contributed by atoms with Crippen LogP contribution >= 0.6 is 0 Å². The highest BCUT2D eigenvalue weighted by molar-refractivity contribution is 5.98. The molecule has 152 valence electrons. The molecule has 0 radical (unpaired) electrons. The summed E-state index contributed by atoms with van der Waals surface area (Å²) in [6.07, 6.45) is 10.3. The Morgan fingerprint density at radius 1 is 1.07 bits per heavy atom. The van der Waals surface area contributed by atoms with Gasteiger partial charge in [-0.1, -0.05) is 30.7 Å². The zero-order valence-electron chi connectivity index (χ0n) is 16.9. The molecule has 0 bridgehead atoms. The van der Waals surface area contributed by atoms with Gasteiger partial charge in [-0.15, -0.1) is 0 Å². The molecule has 4 rings (SSSR count). The molecule has 1 aromatic carbocycles. The van der Waals surface area contributed by atoms with Crippen LogP contribution in [0.2, 0.25) is 0 Å². The van der Waals surface area contributed by atoms with Gasteiger partial charge in [-0.25, -0.2) is 0 Å². The van der Waals surface area contributed by atoms with Gasteiger partial charge in [0.1, 0.15) is 0 Å². The number of hydrogen-bond acceptors (Lipinski definition) is 3. The predicted molar refractivity (Wildman–Crippen MR) is 112 cm³/mol. The zero-order valence-corrected chi connectivity index (χ0v) is 16.9. The van der Waals surface area contributed by atoms with E-state index in [2.05, 4.69) is 16.0 Å². The lowest BCUT2D eigenvalue weighted by atomic mass is 9.95. The third-order valence-corrected chi connectivity index (χ3v) is 6.11. The lowest BCUT2D eigenvalue weighted by Crippen LogP contribution is -2.38. The van der Waals surface area contributed by atoms with E-state index in [-0.39, 0.29) is 17.9 Å². The second-order valence-electron chi connectivity index (χ2n) is 8.08. The molecule has 1 aromatic heterocycles. The number of rotatable bonds is 7. The van der Waals surface area contributed by atoms with E-state index in [4.69, 9.17) is 0 Å². The van der Waals surface area contributed by atoms with Gasteiger partial charge in [0.25, 0.3) is 5.91 Å². The Morgan fingerprint density at radius 2 is 1.97 bits per heavy atom. The number of fused-ring (bicyclic) bond motifs is 1. The van der Waals surface area contributed by atoms with E-state index in [1.165, 1.54) is 0 Å². The maximum Gasteiger partial charge on any atom is 0.254 e. The third-order valence-electron chi connectivity index (χ3n) is 6.11. The normalized spacial score (nSPS) is 18.8. The number of carbonyl (C=O) groups is 2. The van der Waals surface area contributed by atoms with E-state index in [9.17, 15) is 9.59 Å². The highest BCUT2D eigenvalue weighted by Crippen LogP contribution is 2.31. The van der Waals surface area contributed by atoms with Crippen molar-refractivity contribution in [3.63, 3.8) is 0 Å². The summed E-state index contributed by atoms with van der Waals surface area (Å²) >= 11 is 0. The number of likely N-dealkylation sites (tertiary alicyclic amines) is 1. The van der Waals surface area contributed by atoms with Crippen molar-refractivity contribution in [2.24, 2.45) is 0 Å². The first-order valence-corrected chi connectivity index (χ1v) is 10.8. The summed E-state index contributed by atoms with van der Waals surface area (Å²) in [4.78, 5) is 33.5. The smallest absolute Gasteiger partial charge is 0.254 e. The van der Waals surface area contributed by atoms with Crippen LogP contribution in [0, 0.1) is 0 Å². The van der Waals surface area contributed by atoms with Crippen molar-refractivity contribution in [3.05, 3.63) is 65.5 Å². The maximum atomic E-state index is 12.8. The highest BCUT2D eigenvalue weighted by Gasteiger charge is 2.28. The second kappa shape index (κ2) is 9.21. The molecule has 0 spiro atoms. The van der Waals surface area contributed by atoms with Gasteiger partial charge in [-0.3, -0.25) is 14.6 Å². The number of unbranched alkanes of at least 4 members (excludes halogenated alkanes) is 2. The van der Waals surface area contributed by atoms with Crippen molar-refractivity contribution in [2.45, 2.75) is 57.5 Å². The fourth-order valence-electron chi connectivity index (χ4n) is 4.54. The molecule has 5 heteroatoms. The molecular weight excluding hydrogens is 362 g/mol. The Kier molecular flexibility index (Phi) is 6.23. The van der Waals surface area contributed by atoms with Gasteiger partial charge in [0.2, 0.25) is 5.91 Å². The quantitative estimate of drug-likeness (QED) is 0.659. The summed E-state index contributed by atoms with van der Waals surface area (Å²) in [6.45, 7) is 2.33. The minimum absolute atomic E-state index is 0.143. The van der Waals surface area contributed by atoms with Crippen LogP contribution in [-0.4, -0.2) is 39.7 Å². The largest absolute Gasteiger partial charge is 0.336 e. The van der Waals surface area contributed by atoms with Gasteiger partial charge in [0, 0.05) is 44.0 Å². The van der Waals surface area contributed by atoms with Crippen molar-refractivity contribution in [2.75, 3.05) is 13.1 Å². The first kappa shape index (κ1) is 19.6. The topological polar surface area (TPSA) is 53.5 Å². The Bertz CT molecular complexity index is 852. The maximum absolute atomic E-state index is 12.8. The summed E-state index contributed by atoms with van der Waals surface area (Å²) < 4.78 is 0. The van der Waals surface area contributed by atoms with E-state index in [0.29, 0.717) is 13.0 Å². The summed E-state index contributed by atoms with van der Waals surface area (Å²) in [5, 5.41) is 0. The number of piperidine rings is 1. The molecular formula is C24H29N3O2. The van der Waals surface area contributed by atoms with Crippen LogP contribution in [0.25, 0.3) is 0 Å². The van der Waals surface area contributed by atoms with Gasteiger partial charge < -0.3 is 9.80 Å². The van der Waals surface area contributed by atoms with Crippen molar-refractivity contribution >= 4 is 11.8 Å². The summed E-state index contributed by atoms with van der Waals surface area (Å²) in [6, 6.07) is 12.0. The van der Waals surface area contributed by atoms with Crippen LogP contribution in [0.4, 0.5) is 0 Å². The molecule has 5 nitrogen and oxygen atoms in total. The van der Waals surface area contributed by atoms with Crippen molar-refractivity contribution in [3.8, 4) is 0 Å². The van der Waals surface area contributed by atoms with Crippen LogP contribution in [0.1, 0.15) is 72.5 Å². The molecule has 2 amide bonds. The molecule has 29 heavy (non-hydrogen) atoms. The monoisotopic (exact) mass is 391 g/mol. The summed E-state index contributed by atoms with van der Waals surface area (Å²) in [5.74, 6) is 0.396. The molecule has 0 aliphatic carbocycles. The summed E-state index contributed by atoms with van der Waals surface area (Å²) in [5.41, 5.74) is 3.11. The number of benzene rings is 1. The van der Waals surface area contributed by atoms with Crippen LogP contribution in [0.5, 0.6) is 0 Å². The predicted octanol–water partition coefficient (Wildman–Crippen LogP) is 4.35. The van der Waals surface area contributed by atoms with E-state index in [1.807, 2.05) is 41.4 Å². The van der Waals surface area contributed by atoms with Crippen molar-refractivity contribution in [1.82, 2.24) is 14.8 Å². The minimum atomic E-state index is 0.143. The molecule has 2 aromatic rings. The minimum Gasteiger partial charge on any atom is -0.336 e. The second-order valence-corrected chi connectivity index (χ2v) is 8.08. The Labute approximate surface area is 172 Å². The van der Waals surface area contributed by atoms with Gasteiger partial charge in [-0.05, 0) is 55.4 Å². The van der Waals surface area contributed by atoms with E-state index in [0.717, 1.165) is 68.3 Å². The third kappa shape index (κ3) is 4.50. The van der Waals surface area contributed by atoms with E-state index in [1.54, 1.807) is 6.20 Å².